The summed E-state index contributed by atoms with van der Waals surface area (Å²) in [5.41, 5.74) is 1.17. The number of benzene rings is 1. The van der Waals surface area contributed by atoms with Crippen LogP contribution in [0.5, 0.6) is 0 Å². The van der Waals surface area contributed by atoms with Crippen LogP contribution in [-0.4, -0.2) is 10.5 Å². The third-order valence-corrected chi connectivity index (χ3v) is 4.54. The van der Waals surface area contributed by atoms with Crippen molar-refractivity contribution in [3.8, 4) is 0 Å². The Morgan fingerprint density at radius 2 is 1.91 bits per heavy atom. The summed E-state index contributed by atoms with van der Waals surface area (Å²) in [6.45, 7) is 0. The van der Waals surface area contributed by atoms with E-state index in [1.54, 1.807) is 30.6 Å². The second-order valence-corrected chi connectivity index (χ2v) is 6.18. The maximum Gasteiger partial charge on any atom is 0.252 e. The van der Waals surface area contributed by atoms with Crippen molar-refractivity contribution in [1.82, 2.24) is 9.88 Å². The van der Waals surface area contributed by atoms with Gasteiger partial charge in [-0.05, 0) is 23.1 Å². The van der Waals surface area contributed by atoms with Crippen LogP contribution >= 0.6 is 11.3 Å². The lowest BCUT2D eigenvalue weighted by Gasteiger charge is -2.18. The van der Waals surface area contributed by atoms with Crippen molar-refractivity contribution >= 4 is 17.2 Å². The first-order valence-corrected chi connectivity index (χ1v) is 8.09. The van der Waals surface area contributed by atoms with Gasteiger partial charge in [0, 0.05) is 29.8 Å². The van der Waals surface area contributed by atoms with E-state index < -0.39 is 0 Å². The van der Waals surface area contributed by atoms with Crippen LogP contribution in [0.3, 0.4) is 0 Å². The molecule has 2 aromatic heterocycles. The second kappa shape index (κ2) is 6.62. The number of amides is 1. The lowest BCUT2D eigenvalue weighted by atomic mass is 10.0. The Kier molecular flexibility index (Phi) is 4.39. The van der Waals surface area contributed by atoms with Gasteiger partial charge in [-0.1, -0.05) is 36.4 Å². The number of hydrogen-bond donors (Lipinski definition) is 1. The molecule has 1 amide bonds. The maximum absolute atomic E-state index is 12.5. The summed E-state index contributed by atoms with van der Waals surface area (Å²) < 4.78 is 1.44. The number of pyridine rings is 1. The molecule has 0 fully saturated rings. The number of carbonyl (C=O) groups is 1. The third kappa shape index (κ3) is 3.40. The maximum atomic E-state index is 12.5. The van der Waals surface area contributed by atoms with Gasteiger partial charge in [0.2, 0.25) is 0 Å². The number of nitrogens with zero attached hydrogens (tertiary/aromatic N) is 1. The van der Waals surface area contributed by atoms with E-state index in [0.29, 0.717) is 5.56 Å². The van der Waals surface area contributed by atoms with E-state index >= 15 is 0 Å². The lowest BCUT2D eigenvalue weighted by Crippen LogP contribution is -2.30. The molecule has 0 spiro atoms. The molecule has 2 heterocycles. The highest BCUT2D eigenvalue weighted by Gasteiger charge is 2.18. The zero-order valence-corrected chi connectivity index (χ0v) is 13.4. The molecule has 1 atom stereocenters. The monoisotopic (exact) mass is 324 g/mol. The minimum atomic E-state index is -0.259. The Morgan fingerprint density at radius 3 is 2.57 bits per heavy atom. The van der Waals surface area contributed by atoms with Crippen molar-refractivity contribution in [2.24, 2.45) is 7.05 Å². The number of hydrogen-bond acceptors (Lipinski definition) is 3. The number of aromatic nitrogens is 1. The van der Waals surface area contributed by atoms with E-state index in [9.17, 15) is 9.59 Å². The zero-order valence-electron chi connectivity index (χ0n) is 12.6. The summed E-state index contributed by atoms with van der Waals surface area (Å²) >= 11 is 1.59. The van der Waals surface area contributed by atoms with Gasteiger partial charge in [0.15, 0.2) is 0 Å². The van der Waals surface area contributed by atoms with Crippen molar-refractivity contribution in [2.45, 2.75) is 6.04 Å². The van der Waals surface area contributed by atoms with E-state index in [4.69, 9.17) is 0 Å². The molecule has 0 aliphatic heterocycles. The zero-order chi connectivity index (χ0) is 16.2. The highest BCUT2D eigenvalue weighted by atomic mass is 32.1. The standard InChI is InChI=1S/C18H16N2O2S/c1-20-10-9-14(12-16(20)21)18(22)19-17(15-8-5-11-23-15)13-6-3-2-4-7-13/h2-12,17H,1H3,(H,19,22). The fourth-order valence-corrected chi connectivity index (χ4v) is 3.13. The Labute approximate surface area is 138 Å². The Bertz CT molecular complexity index is 854. The number of nitrogens with one attached hydrogen (secondary N) is 1. The third-order valence-electron chi connectivity index (χ3n) is 3.60. The lowest BCUT2D eigenvalue weighted by molar-refractivity contribution is 0.0943. The summed E-state index contributed by atoms with van der Waals surface area (Å²) in [4.78, 5) is 25.3. The molecule has 0 aliphatic carbocycles. The molecule has 5 heteroatoms. The van der Waals surface area contributed by atoms with Gasteiger partial charge in [0.05, 0.1) is 6.04 Å². The topological polar surface area (TPSA) is 51.1 Å². The molecule has 1 N–H and O–H groups in total. The van der Waals surface area contributed by atoms with Crippen LogP contribution in [0.25, 0.3) is 0 Å². The summed E-state index contributed by atoms with van der Waals surface area (Å²) in [6, 6.07) is 16.5. The predicted molar refractivity (Wildman–Crippen MR) is 91.8 cm³/mol. The van der Waals surface area contributed by atoms with Crippen LogP contribution in [-0.2, 0) is 7.05 Å². The number of carbonyl (C=O) groups excluding carboxylic acids is 1. The molecule has 3 aromatic rings. The summed E-state index contributed by atoms with van der Waals surface area (Å²) in [6.07, 6.45) is 1.60. The van der Waals surface area contributed by atoms with Gasteiger partial charge < -0.3 is 9.88 Å². The molecule has 0 radical (unpaired) electrons. The quantitative estimate of drug-likeness (QED) is 0.802. The molecule has 0 saturated carbocycles. The summed E-state index contributed by atoms with van der Waals surface area (Å²) in [5, 5.41) is 5.00. The molecular weight excluding hydrogens is 308 g/mol. The average Bonchev–Trinajstić information content (AvgIpc) is 3.10. The van der Waals surface area contributed by atoms with Gasteiger partial charge >= 0.3 is 0 Å². The van der Waals surface area contributed by atoms with Gasteiger partial charge in [0.25, 0.3) is 11.5 Å². The molecule has 116 valence electrons. The number of rotatable bonds is 4. The van der Waals surface area contributed by atoms with Crippen LogP contribution in [0.4, 0.5) is 0 Å². The van der Waals surface area contributed by atoms with Gasteiger partial charge in [0.1, 0.15) is 0 Å². The van der Waals surface area contributed by atoms with Crippen LogP contribution in [0.1, 0.15) is 26.8 Å². The van der Waals surface area contributed by atoms with E-state index in [1.807, 2.05) is 47.8 Å². The molecule has 1 aromatic carbocycles. The largest absolute Gasteiger partial charge is 0.340 e. The first-order chi connectivity index (χ1) is 11.1. The molecule has 0 bridgehead atoms. The highest BCUT2D eigenvalue weighted by molar-refractivity contribution is 7.10. The van der Waals surface area contributed by atoms with Crippen LogP contribution < -0.4 is 10.9 Å². The molecule has 23 heavy (non-hydrogen) atoms. The molecule has 4 nitrogen and oxygen atoms in total. The van der Waals surface area contributed by atoms with Gasteiger partial charge in [-0.2, -0.15) is 0 Å². The normalized spacial score (nSPS) is 11.9. The van der Waals surface area contributed by atoms with E-state index in [1.165, 1.54) is 10.6 Å². The molecule has 0 saturated heterocycles. The Morgan fingerprint density at radius 1 is 1.13 bits per heavy atom. The van der Waals surface area contributed by atoms with Crippen LogP contribution in [0.15, 0.2) is 71.0 Å². The molecule has 0 aliphatic rings. The first kappa shape index (κ1) is 15.2. The van der Waals surface area contributed by atoms with Crippen molar-refractivity contribution in [2.75, 3.05) is 0 Å². The van der Waals surface area contributed by atoms with Crippen LogP contribution in [0, 0.1) is 0 Å². The van der Waals surface area contributed by atoms with E-state index in [2.05, 4.69) is 5.32 Å². The van der Waals surface area contributed by atoms with Gasteiger partial charge in [-0.3, -0.25) is 9.59 Å². The fraction of sp³-hybridized carbons (Fsp3) is 0.111. The number of thiophene rings is 1. The Balaban J connectivity index is 1.91. The van der Waals surface area contributed by atoms with Gasteiger partial charge in [-0.25, -0.2) is 0 Å². The van der Waals surface area contributed by atoms with Crippen LogP contribution in [0.2, 0.25) is 0 Å². The molecule has 3 rings (SSSR count). The minimum absolute atomic E-state index is 0.204. The van der Waals surface area contributed by atoms with E-state index in [-0.39, 0.29) is 17.5 Å². The average molecular weight is 324 g/mol. The highest BCUT2D eigenvalue weighted by Crippen LogP contribution is 2.26. The minimum Gasteiger partial charge on any atom is -0.340 e. The van der Waals surface area contributed by atoms with Crippen molar-refractivity contribution in [1.29, 1.82) is 0 Å². The first-order valence-electron chi connectivity index (χ1n) is 7.21. The fourth-order valence-electron chi connectivity index (χ4n) is 2.32. The number of aryl methyl sites for hydroxylation is 1. The second-order valence-electron chi connectivity index (χ2n) is 5.20. The molecular formula is C18H16N2O2S. The van der Waals surface area contributed by atoms with Crippen molar-refractivity contribution < 1.29 is 4.79 Å². The SMILES string of the molecule is Cn1ccc(C(=O)NC(c2ccccc2)c2cccs2)cc1=O. The van der Waals surface area contributed by atoms with Crippen molar-refractivity contribution in [3.05, 3.63) is 92.5 Å². The van der Waals surface area contributed by atoms with E-state index in [0.717, 1.165) is 10.4 Å². The molecule has 1 unspecified atom stereocenters. The summed E-state index contributed by atoms with van der Waals surface area (Å²) in [7, 11) is 1.66. The van der Waals surface area contributed by atoms with Gasteiger partial charge in [-0.15, -0.1) is 11.3 Å². The van der Waals surface area contributed by atoms with Crippen molar-refractivity contribution in [3.63, 3.8) is 0 Å². The Hall–Kier alpha value is -2.66. The smallest absolute Gasteiger partial charge is 0.252 e. The predicted octanol–water partition coefficient (Wildman–Crippen LogP) is 2.97. The summed E-state index contributed by atoms with van der Waals surface area (Å²) in [5.74, 6) is -0.259.